The van der Waals surface area contributed by atoms with Gasteiger partial charge in [0.25, 0.3) is 0 Å². The van der Waals surface area contributed by atoms with Gasteiger partial charge in [-0.3, -0.25) is 19.4 Å². The summed E-state index contributed by atoms with van der Waals surface area (Å²) < 4.78 is 209. The number of sulfone groups is 1. The molecule has 0 atom stereocenters. The molecule has 3 N–H and O–H groups in total. The number of allylic oxidation sites excluding steroid dienone is 1. The number of fused-ring (bicyclic) bond motifs is 2. The Morgan fingerprint density at radius 2 is 1.32 bits per heavy atom. The van der Waals surface area contributed by atoms with Crippen molar-refractivity contribution in [3.05, 3.63) is 99.3 Å². The van der Waals surface area contributed by atoms with Crippen LogP contribution in [0, 0.1) is 0 Å². The molecule has 4 aromatic carbocycles. The molecule has 1 aromatic heterocycles. The molecule has 0 fully saturated rings. The fraction of sp³-hybridized carbons (Fsp3) is 0.0645. The number of aromatic nitrogens is 3. The van der Waals surface area contributed by atoms with Crippen molar-refractivity contribution in [1.82, 2.24) is 15.0 Å². The van der Waals surface area contributed by atoms with Crippen LogP contribution in [-0.2, 0) is 64.9 Å². The normalized spacial score (nSPS) is 14.3. The second kappa shape index (κ2) is 25.3. The largest absolute Gasteiger partial charge is 1.00 e. The van der Waals surface area contributed by atoms with Gasteiger partial charge in [0.15, 0.2) is 9.84 Å². The van der Waals surface area contributed by atoms with Gasteiger partial charge in [-0.25, -0.2) is 60.5 Å². The first kappa shape index (κ1) is 66.4. The van der Waals surface area contributed by atoms with Crippen molar-refractivity contribution in [2.75, 3.05) is 17.8 Å². The first-order valence-corrected chi connectivity index (χ1v) is 25.5. The average molecular weight is 1140 g/mol. The SMILES string of the molecule is O=C1/C(=N/Nc2ccc3c(S(=O)(=O)[O-])cccc3c2S(=O)(=O)[O-])C(S(=O)(=O)[O-])=Cc2cc(S(=O)(=O)[O-])cc(N=c3[nH]c(Cl)nc(=Nc4cccc(S(=O)(=O)CCOS(=O)(=O)[O-])c4)[nH]3)c21.[Na+].[Na+].[Na+].[Na+].[Na+]. The maximum absolute atomic E-state index is 14.2. The summed E-state index contributed by atoms with van der Waals surface area (Å²) in [6.07, 6.45) is 0.421. The number of hydrazone groups is 1. The molecule has 0 spiro atoms. The molecule has 0 saturated heterocycles. The van der Waals surface area contributed by atoms with Crippen LogP contribution in [-0.4, -0.2) is 112 Å². The number of aromatic amines is 2. The van der Waals surface area contributed by atoms with E-state index < -0.39 is 159 Å². The number of carbonyl (C=O) groups excluding carboxylic acids is 1. The number of nitrogens with one attached hydrogen (secondary N) is 3. The monoisotopic (exact) mass is 1130 g/mol. The Morgan fingerprint density at radius 1 is 0.681 bits per heavy atom. The third-order valence-corrected chi connectivity index (χ3v) is 14.1. The number of hydrogen-bond donors (Lipinski definition) is 3. The third-order valence-electron chi connectivity index (χ3n) is 8.30. The molecule has 0 saturated carbocycles. The fourth-order valence-electron chi connectivity index (χ4n) is 5.79. The van der Waals surface area contributed by atoms with Crippen molar-refractivity contribution in [1.29, 1.82) is 0 Å². The summed E-state index contributed by atoms with van der Waals surface area (Å²) in [7, 11) is -31.6. The molecular formula is C31H19ClN7Na5O19S6. The Labute approximate surface area is 506 Å². The number of nitrogens with zero attached hydrogens (tertiary/aromatic N) is 4. The molecule has 0 bridgehead atoms. The van der Waals surface area contributed by atoms with E-state index in [1.807, 2.05) is 5.43 Å². The van der Waals surface area contributed by atoms with Crippen molar-refractivity contribution in [3.63, 3.8) is 0 Å². The van der Waals surface area contributed by atoms with E-state index in [9.17, 15) is 78.1 Å². The number of H-pyrrole nitrogens is 2. The van der Waals surface area contributed by atoms with Crippen LogP contribution in [0.4, 0.5) is 17.1 Å². The van der Waals surface area contributed by atoms with Gasteiger partial charge in [-0.15, -0.1) is 0 Å². The molecule has 0 unspecified atom stereocenters. The zero-order valence-corrected chi connectivity index (χ0v) is 51.4. The Bertz CT molecular complexity index is 3780. The number of anilines is 1. The molecule has 0 radical (unpaired) electrons. The predicted octanol–water partition coefficient (Wildman–Crippen LogP) is -15.5. The number of ketones is 1. The van der Waals surface area contributed by atoms with Gasteiger partial charge >= 0.3 is 148 Å². The summed E-state index contributed by atoms with van der Waals surface area (Å²) in [5.74, 6) is -2.50. The first-order valence-electron chi connectivity index (χ1n) is 16.5. The molecule has 26 nitrogen and oxygen atoms in total. The summed E-state index contributed by atoms with van der Waals surface area (Å²) in [4.78, 5) is 25.8. The van der Waals surface area contributed by atoms with Crippen LogP contribution < -0.4 is 164 Å². The summed E-state index contributed by atoms with van der Waals surface area (Å²) in [6, 6.07) is 9.87. The van der Waals surface area contributed by atoms with Crippen molar-refractivity contribution < 1.29 is 230 Å². The van der Waals surface area contributed by atoms with Crippen molar-refractivity contribution in [2.45, 2.75) is 19.6 Å². The summed E-state index contributed by atoms with van der Waals surface area (Å²) in [5, 5.41) is 1.89. The molecule has 6 rings (SSSR count). The predicted molar refractivity (Wildman–Crippen MR) is 210 cm³/mol. The Kier molecular flexibility index (Phi) is 24.3. The second-order valence-corrected chi connectivity index (χ2v) is 21.4. The Morgan fingerprint density at radius 3 is 1.90 bits per heavy atom. The molecule has 38 heteroatoms. The molecule has 69 heavy (non-hydrogen) atoms. The van der Waals surface area contributed by atoms with Crippen molar-refractivity contribution >= 4 is 118 Å². The van der Waals surface area contributed by atoms with Gasteiger partial charge in [0.05, 0.1) is 59.5 Å². The minimum Gasteiger partial charge on any atom is -0.744 e. The number of benzene rings is 4. The zero-order valence-electron chi connectivity index (χ0n) is 35.7. The van der Waals surface area contributed by atoms with Crippen LogP contribution in [0.3, 0.4) is 0 Å². The van der Waals surface area contributed by atoms with Crippen LogP contribution in [0.2, 0.25) is 5.28 Å². The molecule has 5 aromatic rings. The second-order valence-electron chi connectivity index (χ2n) is 12.5. The molecule has 1 aliphatic carbocycles. The number of halogens is 1. The quantitative estimate of drug-likeness (QED) is 0.0426. The van der Waals surface area contributed by atoms with Gasteiger partial charge in [-0.1, -0.05) is 24.3 Å². The van der Waals surface area contributed by atoms with Gasteiger partial charge in [0.2, 0.25) is 32.7 Å². The van der Waals surface area contributed by atoms with Gasteiger partial charge in [0, 0.05) is 10.8 Å². The molecular weight excluding hydrogens is 1120 g/mol. The van der Waals surface area contributed by atoms with E-state index in [1.165, 1.54) is 12.1 Å². The number of Topliss-reactive ketones (excluding diaryl/α,β-unsaturated/α-hetero) is 1. The average Bonchev–Trinajstić information content (AvgIpc) is 3.14. The van der Waals surface area contributed by atoms with Gasteiger partial charge in [-0.2, -0.15) is 10.1 Å². The Balaban J connectivity index is 0.00000476. The van der Waals surface area contributed by atoms with Crippen LogP contribution in [0.5, 0.6) is 0 Å². The number of carbonyl (C=O) groups is 1. The molecule has 340 valence electrons. The maximum atomic E-state index is 14.2. The van der Waals surface area contributed by atoms with E-state index in [4.69, 9.17) is 11.6 Å². The van der Waals surface area contributed by atoms with E-state index >= 15 is 0 Å². The van der Waals surface area contributed by atoms with Gasteiger partial charge < -0.3 is 27.7 Å². The summed E-state index contributed by atoms with van der Waals surface area (Å²) >= 11 is 6.11. The molecule has 0 amide bonds. The van der Waals surface area contributed by atoms with Gasteiger partial charge in [-0.05, 0) is 65.7 Å². The van der Waals surface area contributed by atoms with Crippen molar-refractivity contribution in [2.24, 2.45) is 15.1 Å². The summed E-state index contributed by atoms with van der Waals surface area (Å²) in [6.45, 7) is -1.01. The Hall–Kier alpha value is -0.620. The van der Waals surface area contributed by atoms with Crippen LogP contribution in [0.15, 0.2) is 106 Å². The van der Waals surface area contributed by atoms with E-state index in [1.54, 1.807) is 0 Å². The minimum absolute atomic E-state index is 0. The number of hydrogen-bond acceptors (Lipinski definition) is 24. The fourth-order valence-corrected chi connectivity index (χ4v) is 10.2. The number of rotatable bonds is 13. The van der Waals surface area contributed by atoms with E-state index in [2.05, 4.69) is 34.2 Å². The van der Waals surface area contributed by atoms with E-state index in [0.717, 1.165) is 42.5 Å². The summed E-state index contributed by atoms with van der Waals surface area (Å²) in [5.41, 5.74) is -3.60. The molecule has 0 aliphatic heterocycles. The van der Waals surface area contributed by atoms with Gasteiger partial charge in [0.1, 0.15) is 46.2 Å². The van der Waals surface area contributed by atoms with Crippen LogP contribution >= 0.6 is 11.6 Å². The zero-order chi connectivity index (χ0) is 47.4. The van der Waals surface area contributed by atoms with Crippen LogP contribution in [0.25, 0.3) is 16.8 Å². The molecule has 1 aliphatic rings. The third kappa shape index (κ3) is 16.7. The van der Waals surface area contributed by atoms with E-state index in [-0.39, 0.29) is 153 Å². The van der Waals surface area contributed by atoms with Crippen LogP contribution in [0.1, 0.15) is 15.9 Å². The standard InChI is InChI=1S/C31H24ClN7O19S6.5Na/c32-29-35-30(33-16-3-1-4-17(13-16)59(41,42)10-9-58-64(55,56)57)37-31(36-29)34-22-14-18(60(43,44)45)11-15-12-24(62(49,50)51)26(27(40)25(15)22)39-38-21-8-7-19-20(28(21)63(52,53)54)5-2-6-23(19)61(46,47)48;;;;;/h1-8,11-14,38H,9-10H2,(H,43,44,45)(H,46,47,48)(H,49,50,51)(H,52,53,54)(H,55,56,57)(H2,33,34,35,36,37);;;;;/q;5*+1/p-5/b39-26+;;;;;. The first-order chi connectivity index (χ1) is 29.4. The van der Waals surface area contributed by atoms with E-state index in [0.29, 0.717) is 18.2 Å². The maximum Gasteiger partial charge on any atom is 1.00 e. The minimum atomic E-state index is -5.79. The molecule has 1 heterocycles. The topological polar surface area (TPSA) is 440 Å². The van der Waals surface area contributed by atoms with Crippen molar-refractivity contribution in [3.8, 4) is 0 Å². The smallest absolute Gasteiger partial charge is 0.744 e.